The van der Waals surface area contributed by atoms with Crippen LogP contribution in [0.15, 0.2) is 78.0 Å². The number of benzene rings is 2. The van der Waals surface area contributed by atoms with Crippen LogP contribution in [0.4, 0.5) is 11.4 Å². The van der Waals surface area contributed by atoms with Gasteiger partial charge >= 0.3 is 0 Å². The molecule has 0 aliphatic heterocycles. The molecule has 0 radical (unpaired) electrons. The van der Waals surface area contributed by atoms with Crippen LogP contribution in [0.3, 0.4) is 0 Å². The Hall–Kier alpha value is -2.61. The second kappa shape index (κ2) is 7.85. The number of nitrogens with zero attached hydrogens (tertiary/aromatic N) is 1. The second-order valence-corrected chi connectivity index (χ2v) is 4.87. The highest BCUT2D eigenvalue weighted by Crippen LogP contribution is 2.11. The lowest BCUT2D eigenvalue weighted by Gasteiger charge is -1.99. The average molecular weight is 276 g/mol. The van der Waals surface area contributed by atoms with Crippen molar-refractivity contribution in [2.24, 2.45) is 4.99 Å². The van der Waals surface area contributed by atoms with E-state index in [0.29, 0.717) is 0 Å². The number of hydrogen-bond acceptors (Lipinski definition) is 2. The molecule has 0 bridgehead atoms. The monoisotopic (exact) mass is 276 g/mol. The molecule has 106 valence electrons. The lowest BCUT2D eigenvalue weighted by molar-refractivity contribution is 1.44. The summed E-state index contributed by atoms with van der Waals surface area (Å²) < 4.78 is 0. The van der Waals surface area contributed by atoms with Crippen LogP contribution in [-0.2, 0) is 0 Å². The lowest BCUT2D eigenvalue weighted by Crippen LogP contribution is -1.85. The molecule has 21 heavy (non-hydrogen) atoms. The fourth-order valence-corrected chi connectivity index (χ4v) is 1.72. The molecular formula is C19H20N2. The summed E-state index contributed by atoms with van der Waals surface area (Å²) in [6.45, 7) is 4.15. The van der Waals surface area contributed by atoms with E-state index in [4.69, 9.17) is 0 Å². The Morgan fingerprint density at radius 3 is 2.05 bits per heavy atom. The van der Waals surface area contributed by atoms with Gasteiger partial charge in [-0.25, -0.2) is 0 Å². The van der Waals surface area contributed by atoms with Gasteiger partial charge in [0.25, 0.3) is 0 Å². The third-order valence-electron chi connectivity index (χ3n) is 2.96. The van der Waals surface area contributed by atoms with Gasteiger partial charge in [0.1, 0.15) is 0 Å². The highest BCUT2D eigenvalue weighted by Gasteiger charge is 1.86. The van der Waals surface area contributed by atoms with E-state index in [1.54, 1.807) is 6.21 Å². The van der Waals surface area contributed by atoms with E-state index in [1.807, 2.05) is 36.6 Å². The molecule has 0 aromatic heterocycles. The summed E-state index contributed by atoms with van der Waals surface area (Å²) >= 11 is 0. The Labute approximate surface area is 126 Å². The molecule has 2 rings (SSSR count). The van der Waals surface area contributed by atoms with Gasteiger partial charge in [-0.15, -0.1) is 0 Å². The van der Waals surface area contributed by atoms with Gasteiger partial charge in [-0.1, -0.05) is 41.5 Å². The van der Waals surface area contributed by atoms with Crippen LogP contribution < -0.4 is 5.32 Å². The summed E-state index contributed by atoms with van der Waals surface area (Å²) in [4.78, 5) is 4.35. The van der Waals surface area contributed by atoms with Crippen molar-refractivity contribution in [1.82, 2.24) is 0 Å². The summed E-state index contributed by atoms with van der Waals surface area (Å²) in [6.07, 6.45) is 9.49. The molecule has 2 aromatic rings. The Balaban J connectivity index is 1.78. The average Bonchev–Trinajstić information content (AvgIpc) is 2.50. The number of allylic oxidation sites excluding steroid dienone is 3. The van der Waals surface area contributed by atoms with Crippen molar-refractivity contribution < 1.29 is 0 Å². The Morgan fingerprint density at radius 1 is 0.762 bits per heavy atom. The zero-order valence-corrected chi connectivity index (χ0v) is 12.5. The fraction of sp³-hybridized carbons (Fsp3) is 0.105. The molecule has 1 N–H and O–H groups in total. The van der Waals surface area contributed by atoms with E-state index >= 15 is 0 Å². The first-order valence-corrected chi connectivity index (χ1v) is 7.00. The van der Waals surface area contributed by atoms with E-state index in [1.165, 1.54) is 11.1 Å². The van der Waals surface area contributed by atoms with Crippen molar-refractivity contribution in [3.8, 4) is 0 Å². The van der Waals surface area contributed by atoms with Crippen LogP contribution in [0, 0.1) is 13.8 Å². The first-order chi connectivity index (χ1) is 10.2. The summed E-state index contributed by atoms with van der Waals surface area (Å²) in [6, 6.07) is 16.4. The summed E-state index contributed by atoms with van der Waals surface area (Å²) in [5.41, 5.74) is 4.55. The van der Waals surface area contributed by atoms with Crippen molar-refractivity contribution in [1.29, 1.82) is 0 Å². The standard InChI is InChI=1S/C19H20N2/c1-16-6-10-18(11-7-16)20-14-4-3-5-15-21-19-12-8-17(2)9-13-19/h3-15,20H,1-2H3. The largest absolute Gasteiger partial charge is 0.362 e. The zero-order valence-electron chi connectivity index (χ0n) is 12.5. The molecular weight excluding hydrogens is 256 g/mol. The van der Waals surface area contributed by atoms with Crippen molar-refractivity contribution in [3.63, 3.8) is 0 Å². The van der Waals surface area contributed by atoms with Crippen LogP contribution in [0.2, 0.25) is 0 Å². The first kappa shape index (κ1) is 14.8. The Morgan fingerprint density at radius 2 is 1.38 bits per heavy atom. The number of nitrogens with one attached hydrogen (secondary N) is 1. The smallest absolute Gasteiger partial charge is 0.0629 e. The molecule has 0 atom stereocenters. The summed E-state index contributed by atoms with van der Waals surface area (Å²) in [7, 11) is 0. The predicted octanol–water partition coefficient (Wildman–Crippen LogP) is 5.19. The third-order valence-corrected chi connectivity index (χ3v) is 2.96. The lowest BCUT2D eigenvalue weighted by atomic mass is 10.2. The normalized spacial score (nSPS) is 11.7. The van der Waals surface area contributed by atoms with Crippen molar-refractivity contribution >= 4 is 17.6 Å². The number of aliphatic imine (C=N–C) groups is 1. The van der Waals surface area contributed by atoms with Gasteiger partial charge in [0.15, 0.2) is 0 Å². The molecule has 0 spiro atoms. The highest BCUT2D eigenvalue weighted by molar-refractivity contribution is 5.74. The van der Waals surface area contributed by atoms with Gasteiger partial charge in [0, 0.05) is 18.1 Å². The molecule has 0 saturated carbocycles. The van der Waals surface area contributed by atoms with E-state index in [-0.39, 0.29) is 0 Å². The minimum Gasteiger partial charge on any atom is -0.362 e. The summed E-state index contributed by atoms with van der Waals surface area (Å²) in [5, 5.41) is 3.21. The van der Waals surface area contributed by atoms with Crippen LogP contribution in [0.25, 0.3) is 0 Å². The van der Waals surface area contributed by atoms with Gasteiger partial charge in [-0.2, -0.15) is 0 Å². The first-order valence-electron chi connectivity index (χ1n) is 7.00. The topological polar surface area (TPSA) is 24.4 Å². The van der Waals surface area contributed by atoms with Crippen LogP contribution in [-0.4, -0.2) is 6.21 Å². The van der Waals surface area contributed by atoms with Gasteiger partial charge in [-0.05, 0) is 50.3 Å². The quantitative estimate of drug-likeness (QED) is 0.590. The van der Waals surface area contributed by atoms with Gasteiger partial charge in [-0.3, -0.25) is 4.99 Å². The number of rotatable bonds is 5. The molecule has 0 fully saturated rings. The highest BCUT2D eigenvalue weighted by atomic mass is 14.8. The van der Waals surface area contributed by atoms with Crippen molar-refractivity contribution in [2.45, 2.75) is 13.8 Å². The molecule has 0 unspecified atom stereocenters. The van der Waals surface area contributed by atoms with Gasteiger partial charge in [0.05, 0.1) is 5.69 Å². The molecule has 0 amide bonds. The Bertz CT molecular complexity index is 632. The molecule has 2 nitrogen and oxygen atoms in total. The van der Waals surface area contributed by atoms with Gasteiger partial charge in [0.2, 0.25) is 0 Å². The third kappa shape index (κ3) is 5.49. The maximum absolute atomic E-state index is 4.35. The predicted molar refractivity (Wildman–Crippen MR) is 92.4 cm³/mol. The maximum atomic E-state index is 4.35. The number of anilines is 1. The SMILES string of the molecule is Cc1ccc(N=CC=CC=CNc2ccc(C)cc2)cc1. The van der Waals surface area contributed by atoms with Gasteiger partial charge < -0.3 is 5.32 Å². The van der Waals surface area contributed by atoms with E-state index < -0.39 is 0 Å². The molecule has 0 aliphatic rings. The fourth-order valence-electron chi connectivity index (χ4n) is 1.72. The minimum absolute atomic E-state index is 0.965. The van der Waals surface area contributed by atoms with Crippen molar-refractivity contribution in [3.05, 3.63) is 84.1 Å². The van der Waals surface area contributed by atoms with E-state index in [9.17, 15) is 0 Å². The molecule has 0 saturated heterocycles. The number of hydrogen-bond donors (Lipinski definition) is 1. The van der Waals surface area contributed by atoms with Crippen LogP contribution in [0.1, 0.15) is 11.1 Å². The minimum atomic E-state index is 0.965. The second-order valence-electron chi connectivity index (χ2n) is 4.87. The molecule has 2 heteroatoms. The van der Waals surface area contributed by atoms with Crippen LogP contribution in [0.5, 0.6) is 0 Å². The molecule has 2 aromatic carbocycles. The Kier molecular flexibility index (Phi) is 5.53. The van der Waals surface area contributed by atoms with E-state index in [0.717, 1.165) is 11.4 Å². The van der Waals surface area contributed by atoms with Crippen molar-refractivity contribution in [2.75, 3.05) is 5.32 Å². The summed E-state index contributed by atoms with van der Waals surface area (Å²) in [5.74, 6) is 0. The maximum Gasteiger partial charge on any atom is 0.0629 e. The zero-order chi connectivity index (χ0) is 14.9. The van der Waals surface area contributed by atoms with E-state index in [2.05, 4.69) is 60.6 Å². The molecule has 0 heterocycles. The van der Waals surface area contributed by atoms with Crippen LogP contribution >= 0.6 is 0 Å². The number of aryl methyl sites for hydroxylation is 2. The molecule has 0 aliphatic carbocycles.